The van der Waals surface area contributed by atoms with E-state index in [1.807, 2.05) is 32.0 Å². The minimum absolute atomic E-state index is 0.131. The first kappa shape index (κ1) is 22.6. The van der Waals surface area contributed by atoms with Gasteiger partial charge in [0.25, 0.3) is 0 Å². The van der Waals surface area contributed by atoms with Crippen molar-refractivity contribution >= 4 is 11.6 Å². The maximum atomic E-state index is 12.1. The number of nitrogens with two attached hydrogens (primary N) is 1. The van der Waals surface area contributed by atoms with Crippen LogP contribution >= 0.6 is 0 Å². The number of aryl methyl sites for hydroxylation is 2. The summed E-state index contributed by atoms with van der Waals surface area (Å²) in [7, 11) is 0. The van der Waals surface area contributed by atoms with E-state index in [4.69, 9.17) is 5.73 Å². The molecule has 1 aliphatic rings. The molecule has 1 fully saturated rings. The summed E-state index contributed by atoms with van der Waals surface area (Å²) in [5.41, 5.74) is 9.21. The number of benzene rings is 1. The van der Waals surface area contributed by atoms with Crippen LogP contribution in [0, 0.1) is 19.8 Å². The number of carbonyl (C=O) groups excluding carboxylic acids is 1. The minimum atomic E-state index is 0.131. The second kappa shape index (κ2) is 13.0. The molecule has 2 rings (SSSR count). The van der Waals surface area contributed by atoms with E-state index in [1.165, 1.54) is 24.0 Å². The zero-order valence-electron chi connectivity index (χ0n) is 16.6. The third-order valence-corrected chi connectivity index (χ3v) is 4.42. The average Bonchev–Trinajstić information content (AvgIpc) is 2.60. The Hall–Kier alpha value is -1.35. The first-order valence-corrected chi connectivity index (χ1v) is 9.61. The Morgan fingerprint density at radius 3 is 2.04 bits per heavy atom. The van der Waals surface area contributed by atoms with Crippen LogP contribution in [0.15, 0.2) is 18.2 Å². The number of hydrogen-bond acceptors (Lipinski definition) is 2. The van der Waals surface area contributed by atoms with Crippen LogP contribution in [0.1, 0.15) is 77.3 Å². The fourth-order valence-electron chi connectivity index (χ4n) is 2.44. The van der Waals surface area contributed by atoms with Gasteiger partial charge in [0.05, 0.1) is 0 Å². The molecule has 1 amide bonds. The lowest BCUT2D eigenvalue weighted by Gasteiger charge is -2.25. The maximum absolute atomic E-state index is 12.1. The number of unbranched alkanes of at least 4 members (excludes halogenated alkanes) is 1. The van der Waals surface area contributed by atoms with Crippen molar-refractivity contribution in [2.45, 2.75) is 86.1 Å². The van der Waals surface area contributed by atoms with Gasteiger partial charge in [-0.15, -0.1) is 0 Å². The van der Waals surface area contributed by atoms with Gasteiger partial charge in [0.2, 0.25) is 5.91 Å². The molecule has 138 valence electrons. The van der Waals surface area contributed by atoms with Gasteiger partial charge in [-0.05, 0) is 62.8 Å². The minimum Gasteiger partial charge on any atom is -0.328 e. The van der Waals surface area contributed by atoms with Crippen LogP contribution in [-0.4, -0.2) is 11.9 Å². The van der Waals surface area contributed by atoms with Crippen LogP contribution in [0.25, 0.3) is 0 Å². The molecule has 0 spiro atoms. The number of anilines is 1. The van der Waals surface area contributed by atoms with E-state index in [2.05, 4.69) is 33.0 Å². The Kier molecular flexibility index (Phi) is 12.3. The lowest BCUT2D eigenvalue weighted by atomic mass is 9.86. The molecule has 0 saturated heterocycles. The Bertz CT molecular complexity index is 461. The fourth-order valence-corrected chi connectivity index (χ4v) is 2.44. The first-order chi connectivity index (χ1) is 11.5. The molecule has 1 aliphatic carbocycles. The van der Waals surface area contributed by atoms with Gasteiger partial charge in [0.1, 0.15) is 0 Å². The van der Waals surface area contributed by atoms with Crippen molar-refractivity contribution in [1.29, 1.82) is 0 Å². The number of hydrogen-bond donors (Lipinski definition) is 2. The molecule has 1 aromatic rings. The second-order valence-corrected chi connectivity index (χ2v) is 6.40. The van der Waals surface area contributed by atoms with E-state index >= 15 is 0 Å². The van der Waals surface area contributed by atoms with Crippen LogP contribution in [0.3, 0.4) is 0 Å². The molecule has 24 heavy (non-hydrogen) atoms. The van der Waals surface area contributed by atoms with Crippen LogP contribution in [0.5, 0.6) is 0 Å². The number of rotatable bonds is 3. The summed E-state index contributed by atoms with van der Waals surface area (Å²) in [6, 6.07) is 6.33. The molecule has 1 saturated carbocycles. The predicted octanol–water partition coefficient (Wildman–Crippen LogP) is 5.59. The van der Waals surface area contributed by atoms with Gasteiger partial charge in [-0.25, -0.2) is 0 Å². The molecule has 0 unspecified atom stereocenters. The third-order valence-electron chi connectivity index (χ3n) is 4.42. The second-order valence-electron chi connectivity index (χ2n) is 6.40. The normalized spacial score (nSPS) is 19.3. The number of amides is 1. The Balaban J connectivity index is 0.000000773. The summed E-state index contributed by atoms with van der Waals surface area (Å²) in [4.78, 5) is 12.1. The lowest BCUT2D eigenvalue weighted by molar-refractivity contribution is -0.120. The topological polar surface area (TPSA) is 55.1 Å². The van der Waals surface area contributed by atoms with Gasteiger partial charge < -0.3 is 11.1 Å². The van der Waals surface area contributed by atoms with Crippen LogP contribution in [-0.2, 0) is 4.79 Å². The molecule has 3 heteroatoms. The molecule has 1 aromatic carbocycles. The van der Waals surface area contributed by atoms with Crippen LogP contribution in [0.2, 0.25) is 0 Å². The summed E-state index contributed by atoms with van der Waals surface area (Å²) in [6.07, 6.45) is 6.39. The zero-order valence-corrected chi connectivity index (χ0v) is 16.6. The molecule has 0 heterocycles. The Labute approximate surface area is 149 Å². The molecular weight excluding hydrogens is 296 g/mol. The highest BCUT2D eigenvalue weighted by Crippen LogP contribution is 2.25. The van der Waals surface area contributed by atoms with Crippen LogP contribution < -0.4 is 11.1 Å². The molecule has 0 bridgehead atoms. The fraction of sp³-hybridized carbons (Fsp3) is 0.667. The molecule has 0 aromatic heterocycles. The lowest BCUT2D eigenvalue weighted by Crippen LogP contribution is -2.32. The summed E-state index contributed by atoms with van der Waals surface area (Å²) in [5, 5.41) is 3.01. The summed E-state index contributed by atoms with van der Waals surface area (Å²) in [5.74, 6) is 0.275. The standard InChI is InChI=1S/C15H22N2O.C4H10.C2H6/c1-10-3-8-14(9-11(10)2)17-15(18)12-4-6-13(16)7-5-12;1-3-4-2;1-2/h3,8-9,12-13H,4-7,16H2,1-2H3,(H,17,18);3-4H2,1-2H3;1-2H3. The highest BCUT2D eigenvalue weighted by Gasteiger charge is 2.24. The number of carbonyl (C=O) groups is 1. The van der Waals surface area contributed by atoms with Crippen LogP contribution in [0.4, 0.5) is 5.69 Å². The van der Waals surface area contributed by atoms with E-state index in [0.717, 1.165) is 31.4 Å². The van der Waals surface area contributed by atoms with Gasteiger partial charge in [0, 0.05) is 17.6 Å². The largest absolute Gasteiger partial charge is 0.328 e. The van der Waals surface area contributed by atoms with Crippen molar-refractivity contribution in [1.82, 2.24) is 0 Å². The van der Waals surface area contributed by atoms with E-state index in [0.29, 0.717) is 0 Å². The average molecular weight is 335 g/mol. The van der Waals surface area contributed by atoms with Crippen molar-refractivity contribution in [3.8, 4) is 0 Å². The third kappa shape index (κ3) is 8.49. The molecule has 0 radical (unpaired) electrons. The highest BCUT2D eigenvalue weighted by atomic mass is 16.1. The van der Waals surface area contributed by atoms with Crippen molar-refractivity contribution in [2.24, 2.45) is 11.7 Å². The SMILES string of the molecule is CC.CCCC.Cc1ccc(NC(=O)C2CCC(N)CC2)cc1C. The summed E-state index contributed by atoms with van der Waals surface area (Å²) >= 11 is 0. The van der Waals surface area contributed by atoms with Crippen molar-refractivity contribution in [3.05, 3.63) is 29.3 Å². The van der Waals surface area contributed by atoms with Crippen molar-refractivity contribution < 1.29 is 4.79 Å². The van der Waals surface area contributed by atoms with Gasteiger partial charge >= 0.3 is 0 Å². The quantitative estimate of drug-likeness (QED) is 0.756. The first-order valence-electron chi connectivity index (χ1n) is 9.61. The van der Waals surface area contributed by atoms with Gasteiger partial charge in [0.15, 0.2) is 0 Å². The van der Waals surface area contributed by atoms with E-state index in [9.17, 15) is 4.79 Å². The predicted molar refractivity (Wildman–Crippen MR) is 106 cm³/mol. The molecule has 0 aliphatic heterocycles. The highest BCUT2D eigenvalue weighted by molar-refractivity contribution is 5.92. The maximum Gasteiger partial charge on any atom is 0.227 e. The van der Waals surface area contributed by atoms with E-state index < -0.39 is 0 Å². The Morgan fingerprint density at radius 2 is 1.58 bits per heavy atom. The summed E-state index contributed by atoms with van der Waals surface area (Å²) < 4.78 is 0. The molecule has 3 nitrogen and oxygen atoms in total. The number of nitrogens with one attached hydrogen (secondary N) is 1. The molecule has 0 atom stereocenters. The monoisotopic (exact) mass is 334 g/mol. The smallest absolute Gasteiger partial charge is 0.227 e. The molecular formula is C21H38N2O. The zero-order chi connectivity index (χ0) is 18.5. The summed E-state index contributed by atoms with van der Waals surface area (Å²) in [6.45, 7) is 12.5. The van der Waals surface area contributed by atoms with Gasteiger partial charge in [-0.1, -0.05) is 46.6 Å². The molecule has 3 N–H and O–H groups in total. The van der Waals surface area contributed by atoms with Crippen molar-refractivity contribution in [3.63, 3.8) is 0 Å². The van der Waals surface area contributed by atoms with E-state index in [1.54, 1.807) is 0 Å². The van der Waals surface area contributed by atoms with Gasteiger partial charge in [-0.3, -0.25) is 4.79 Å². The van der Waals surface area contributed by atoms with Crippen molar-refractivity contribution in [2.75, 3.05) is 5.32 Å². The Morgan fingerprint density at radius 1 is 1.04 bits per heavy atom. The van der Waals surface area contributed by atoms with Gasteiger partial charge in [-0.2, -0.15) is 0 Å². The van der Waals surface area contributed by atoms with E-state index in [-0.39, 0.29) is 17.9 Å².